The molecule has 0 amide bonds. The first-order valence-corrected chi connectivity index (χ1v) is 5.34. The minimum Gasteiger partial charge on any atom is -0.310 e. The molecule has 0 fully saturated rings. The van der Waals surface area contributed by atoms with E-state index in [1.807, 2.05) is 19.1 Å². The molecule has 1 atom stereocenters. The molecule has 0 spiro atoms. The van der Waals surface area contributed by atoms with Gasteiger partial charge in [-0.2, -0.15) is 0 Å². The highest BCUT2D eigenvalue weighted by Gasteiger charge is 2.07. The fourth-order valence-electron chi connectivity index (χ4n) is 1.46. The third-order valence-corrected chi connectivity index (χ3v) is 2.38. The molecule has 0 aliphatic carbocycles. The topological polar surface area (TPSA) is 12.0 Å². The lowest BCUT2D eigenvalue weighted by molar-refractivity contribution is 0.151. The smallest absolute Gasteiger partial charge is 0.263 e. The average molecular weight is 225 g/mol. The van der Waals surface area contributed by atoms with Crippen LogP contribution in [0.15, 0.2) is 36.9 Å². The molecule has 16 heavy (non-hydrogen) atoms. The van der Waals surface area contributed by atoms with Crippen LogP contribution in [0, 0.1) is 0 Å². The zero-order valence-electron chi connectivity index (χ0n) is 9.42. The summed E-state index contributed by atoms with van der Waals surface area (Å²) in [7, 11) is 0. The number of benzene rings is 1. The summed E-state index contributed by atoms with van der Waals surface area (Å²) < 4.78 is 24.9. The zero-order valence-corrected chi connectivity index (χ0v) is 9.42. The van der Waals surface area contributed by atoms with Gasteiger partial charge in [-0.15, -0.1) is 6.58 Å². The van der Waals surface area contributed by atoms with Gasteiger partial charge in [-0.3, -0.25) is 0 Å². The number of hydrogen-bond acceptors (Lipinski definition) is 1. The summed E-state index contributed by atoms with van der Waals surface area (Å²) in [5.41, 5.74) is 0.962. The minimum absolute atomic E-state index is 0.0793. The first kappa shape index (κ1) is 12.8. The van der Waals surface area contributed by atoms with Crippen molar-refractivity contribution in [3.63, 3.8) is 0 Å². The first-order chi connectivity index (χ1) is 7.63. The van der Waals surface area contributed by atoms with Crippen molar-refractivity contribution in [2.45, 2.75) is 32.4 Å². The SMILES string of the molecule is C=CCC(C)NCc1cccc(C(F)F)c1. The second kappa shape index (κ2) is 6.38. The van der Waals surface area contributed by atoms with Crippen molar-refractivity contribution in [3.05, 3.63) is 48.0 Å². The fraction of sp³-hybridized carbons (Fsp3) is 0.385. The van der Waals surface area contributed by atoms with Gasteiger partial charge >= 0.3 is 0 Å². The Morgan fingerprint density at radius 2 is 2.19 bits per heavy atom. The third-order valence-electron chi connectivity index (χ3n) is 2.38. The van der Waals surface area contributed by atoms with Crippen LogP contribution in [0.3, 0.4) is 0 Å². The van der Waals surface area contributed by atoms with Gasteiger partial charge in [0.05, 0.1) is 0 Å². The van der Waals surface area contributed by atoms with E-state index >= 15 is 0 Å². The van der Waals surface area contributed by atoms with Crippen molar-refractivity contribution < 1.29 is 8.78 Å². The molecule has 1 rings (SSSR count). The van der Waals surface area contributed by atoms with E-state index in [4.69, 9.17) is 0 Å². The summed E-state index contributed by atoms with van der Waals surface area (Å²) in [6, 6.07) is 6.81. The monoisotopic (exact) mass is 225 g/mol. The van der Waals surface area contributed by atoms with Gasteiger partial charge in [0, 0.05) is 18.2 Å². The molecule has 0 aliphatic rings. The van der Waals surface area contributed by atoms with Crippen molar-refractivity contribution in [2.24, 2.45) is 0 Å². The van der Waals surface area contributed by atoms with E-state index in [1.54, 1.807) is 6.07 Å². The summed E-state index contributed by atoms with van der Waals surface area (Å²) in [5.74, 6) is 0. The molecule has 0 bridgehead atoms. The summed E-state index contributed by atoms with van der Waals surface area (Å²) >= 11 is 0. The summed E-state index contributed by atoms with van der Waals surface area (Å²) in [5, 5.41) is 3.25. The van der Waals surface area contributed by atoms with Crippen molar-refractivity contribution in [3.8, 4) is 0 Å². The molecule has 3 heteroatoms. The van der Waals surface area contributed by atoms with Crippen molar-refractivity contribution >= 4 is 0 Å². The van der Waals surface area contributed by atoms with Crippen LogP contribution in [-0.2, 0) is 6.54 Å². The van der Waals surface area contributed by atoms with E-state index in [-0.39, 0.29) is 5.56 Å². The molecule has 1 unspecified atom stereocenters. The fourth-order valence-corrected chi connectivity index (χ4v) is 1.46. The molecule has 1 nitrogen and oxygen atoms in total. The Morgan fingerprint density at radius 3 is 2.81 bits per heavy atom. The average Bonchev–Trinajstić information content (AvgIpc) is 2.27. The Kier molecular flexibility index (Phi) is 5.12. The van der Waals surface area contributed by atoms with Gasteiger partial charge in [-0.1, -0.05) is 24.3 Å². The summed E-state index contributed by atoms with van der Waals surface area (Å²) in [6.07, 6.45) is 0.312. The molecule has 0 heterocycles. The highest BCUT2D eigenvalue weighted by Crippen LogP contribution is 2.19. The Balaban J connectivity index is 2.53. The molecule has 0 saturated carbocycles. The summed E-state index contributed by atoms with van der Waals surface area (Å²) in [4.78, 5) is 0. The molecule has 0 aromatic heterocycles. The van der Waals surface area contributed by atoms with E-state index in [0.717, 1.165) is 12.0 Å². The van der Waals surface area contributed by atoms with Crippen LogP contribution in [0.1, 0.15) is 30.9 Å². The largest absolute Gasteiger partial charge is 0.310 e. The maximum Gasteiger partial charge on any atom is 0.263 e. The van der Waals surface area contributed by atoms with Gasteiger partial charge in [0.25, 0.3) is 6.43 Å². The van der Waals surface area contributed by atoms with Crippen LogP contribution in [0.5, 0.6) is 0 Å². The van der Waals surface area contributed by atoms with Gasteiger partial charge in [-0.25, -0.2) is 8.78 Å². The predicted octanol–water partition coefficient (Wildman–Crippen LogP) is 3.68. The molecule has 1 N–H and O–H groups in total. The number of halogens is 2. The third kappa shape index (κ3) is 4.11. The molecule has 1 aromatic rings. The van der Waals surface area contributed by atoms with Crippen LogP contribution in [0.4, 0.5) is 8.78 Å². The molecule has 0 saturated heterocycles. The van der Waals surface area contributed by atoms with Crippen LogP contribution in [-0.4, -0.2) is 6.04 Å². The molecule has 0 radical (unpaired) electrons. The quantitative estimate of drug-likeness (QED) is 0.728. The lowest BCUT2D eigenvalue weighted by Crippen LogP contribution is -2.24. The van der Waals surface area contributed by atoms with E-state index in [1.165, 1.54) is 12.1 Å². The van der Waals surface area contributed by atoms with E-state index in [0.29, 0.717) is 12.6 Å². The lowest BCUT2D eigenvalue weighted by atomic mass is 10.1. The molecular weight excluding hydrogens is 208 g/mol. The van der Waals surface area contributed by atoms with Crippen LogP contribution >= 0.6 is 0 Å². The Hall–Kier alpha value is -1.22. The van der Waals surface area contributed by atoms with Crippen LogP contribution < -0.4 is 5.32 Å². The zero-order chi connectivity index (χ0) is 12.0. The highest BCUT2D eigenvalue weighted by molar-refractivity contribution is 5.24. The first-order valence-electron chi connectivity index (χ1n) is 5.34. The Bertz CT molecular complexity index is 336. The van der Waals surface area contributed by atoms with Gasteiger partial charge in [-0.05, 0) is 25.0 Å². The van der Waals surface area contributed by atoms with Gasteiger partial charge in [0.15, 0.2) is 0 Å². The van der Waals surface area contributed by atoms with Gasteiger partial charge in [0.2, 0.25) is 0 Å². The normalized spacial score (nSPS) is 12.8. The number of rotatable bonds is 6. The van der Waals surface area contributed by atoms with Crippen molar-refractivity contribution in [1.29, 1.82) is 0 Å². The standard InChI is InChI=1S/C13H17F2N/c1-3-5-10(2)16-9-11-6-4-7-12(8-11)13(14)15/h3-4,6-8,10,13,16H,1,5,9H2,2H3. The maximum atomic E-state index is 12.4. The lowest BCUT2D eigenvalue weighted by Gasteiger charge is -2.12. The van der Waals surface area contributed by atoms with E-state index < -0.39 is 6.43 Å². The number of hydrogen-bond donors (Lipinski definition) is 1. The summed E-state index contributed by atoms with van der Waals surface area (Å²) in [6.45, 7) is 6.30. The van der Waals surface area contributed by atoms with Crippen LogP contribution in [0.25, 0.3) is 0 Å². The van der Waals surface area contributed by atoms with E-state index in [9.17, 15) is 8.78 Å². The van der Waals surface area contributed by atoms with Gasteiger partial charge < -0.3 is 5.32 Å². The molecular formula is C13H17F2N. The Labute approximate surface area is 95.2 Å². The van der Waals surface area contributed by atoms with E-state index in [2.05, 4.69) is 11.9 Å². The second-order valence-corrected chi connectivity index (χ2v) is 3.85. The molecule has 88 valence electrons. The van der Waals surface area contributed by atoms with Crippen molar-refractivity contribution in [2.75, 3.05) is 0 Å². The predicted molar refractivity (Wildman–Crippen MR) is 62.5 cm³/mol. The number of alkyl halides is 2. The molecule has 1 aromatic carbocycles. The van der Waals surface area contributed by atoms with Crippen molar-refractivity contribution in [1.82, 2.24) is 5.32 Å². The Morgan fingerprint density at radius 1 is 1.44 bits per heavy atom. The second-order valence-electron chi connectivity index (χ2n) is 3.85. The maximum absolute atomic E-state index is 12.4. The number of nitrogens with one attached hydrogen (secondary N) is 1. The molecule has 0 aliphatic heterocycles. The minimum atomic E-state index is -2.40. The van der Waals surface area contributed by atoms with Gasteiger partial charge in [0.1, 0.15) is 0 Å². The van der Waals surface area contributed by atoms with Crippen LogP contribution in [0.2, 0.25) is 0 Å². The highest BCUT2D eigenvalue weighted by atomic mass is 19.3.